The molecule has 0 aliphatic carbocycles. The fourth-order valence-electron chi connectivity index (χ4n) is 7.14. The van der Waals surface area contributed by atoms with E-state index in [1.54, 1.807) is 0 Å². The fourth-order valence-corrected chi connectivity index (χ4v) is 7.14. The Hall–Kier alpha value is -4.71. The minimum atomic E-state index is -0.846. The maximum atomic E-state index is 12.8. The molecule has 0 saturated heterocycles. The van der Waals surface area contributed by atoms with Gasteiger partial charge in [-0.15, -0.1) is 0 Å². The molecule has 0 radical (unpaired) electrons. The Kier molecular flexibility index (Phi) is 54.0. The maximum absolute atomic E-state index is 12.8. The highest BCUT2D eigenvalue weighted by atomic mass is 16.6. The third kappa shape index (κ3) is 56.1. The Labute approximate surface area is 436 Å². The average Bonchev–Trinajstić information content (AvgIpc) is 3.37. The highest BCUT2D eigenvalue weighted by Crippen LogP contribution is 2.13. The number of ether oxygens (including phenoxy) is 3. The number of unbranched alkanes of at least 4 members (excludes halogenated alkanes) is 14. The van der Waals surface area contributed by atoms with Crippen LogP contribution in [0.1, 0.15) is 226 Å². The quantitative estimate of drug-likeness (QED) is 0.0262. The van der Waals surface area contributed by atoms with Crippen molar-refractivity contribution in [3.63, 3.8) is 0 Å². The molecule has 0 spiro atoms. The van der Waals surface area contributed by atoms with Gasteiger partial charge >= 0.3 is 17.9 Å². The molecule has 0 fully saturated rings. The molecule has 6 nitrogen and oxygen atoms in total. The van der Waals surface area contributed by atoms with Crippen LogP contribution in [-0.2, 0) is 28.6 Å². The van der Waals surface area contributed by atoms with Gasteiger partial charge in [0.15, 0.2) is 6.10 Å². The van der Waals surface area contributed by atoms with Gasteiger partial charge in [-0.3, -0.25) is 14.4 Å². The third-order valence-electron chi connectivity index (χ3n) is 11.3. The molecule has 0 saturated carbocycles. The monoisotopic (exact) mass is 979 g/mol. The smallest absolute Gasteiger partial charge is 0.306 e. The normalized spacial score (nSPS) is 13.2. The molecule has 0 aromatic heterocycles. The van der Waals surface area contributed by atoms with Gasteiger partial charge < -0.3 is 14.2 Å². The van der Waals surface area contributed by atoms with E-state index in [0.717, 1.165) is 103 Å². The molecule has 0 heterocycles. The first-order chi connectivity index (χ1) is 35.0. The second kappa shape index (κ2) is 57.9. The van der Waals surface area contributed by atoms with Crippen LogP contribution >= 0.6 is 0 Å². The van der Waals surface area contributed by atoms with Crippen molar-refractivity contribution in [3.05, 3.63) is 146 Å². The molecule has 0 N–H and O–H groups in total. The van der Waals surface area contributed by atoms with Crippen LogP contribution in [0.15, 0.2) is 146 Å². The standard InChI is InChI=1S/C65H102O6/c1-4-7-10-13-16-19-22-25-27-29-30-31-32-33-34-36-37-40-43-46-49-52-55-58-64(67)70-61-62(60-69-63(66)57-54-51-48-45-42-39-24-21-18-15-12-9-6-3)71-65(68)59-56-53-50-47-44-41-38-35-28-26-23-20-17-14-11-8-5-2/h8-9,11-12,17-18,20-22,25-26,28-30,32-33,38-39,41-42,47-48,50-51,62H,4-7,10,13-16,19,23-24,27,31,34-37,40,43-46,49,52-61H2,1-3H3/b11-8-,12-9-,20-17-,21-18-,25-22-,28-26-,30-29-,33-32-,41-38-,42-39-,50-47-,51-48-. The number of esters is 3. The lowest BCUT2D eigenvalue weighted by Crippen LogP contribution is -2.30. The molecule has 0 bridgehead atoms. The summed E-state index contributed by atoms with van der Waals surface area (Å²) < 4.78 is 16.7. The van der Waals surface area contributed by atoms with E-state index in [2.05, 4.69) is 154 Å². The largest absolute Gasteiger partial charge is 0.462 e. The second-order valence-electron chi connectivity index (χ2n) is 18.1. The molecule has 0 rings (SSSR count). The van der Waals surface area contributed by atoms with Crippen molar-refractivity contribution in [2.75, 3.05) is 13.2 Å². The van der Waals surface area contributed by atoms with Crippen molar-refractivity contribution >= 4 is 17.9 Å². The number of allylic oxidation sites excluding steroid dienone is 24. The zero-order valence-electron chi connectivity index (χ0n) is 45.4. The first-order valence-corrected chi connectivity index (χ1v) is 28.3. The SMILES string of the molecule is CC/C=C\C/C=C\C/C=C\C/C=C\C/C=C\CCCC(=O)OC(COC(=O)CC/C=C\C/C=C\C/C=C\C/C=C\CC)COC(=O)CCCCCCCCCC/C=C\C/C=C\C/C=C\CCCCCCC. The summed E-state index contributed by atoms with van der Waals surface area (Å²) in [7, 11) is 0. The number of hydrogen-bond donors (Lipinski definition) is 0. The molecule has 0 aromatic rings. The van der Waals surface area contributed by atoms with Crippen LogP contribution in [0.2, 0.25) is 0 Å². The molecule has 6 heteroatoms. The number of carbonyl (C=O) groups excluding carboxylic acids is 3. The van der Waals surface area contributed by atoms with Crippen LogP contribution in [0.5, 0.6) is 0 Å². The first-order valence-electron chi connectivity index (χ1n) is 28.3. The third-order valence-corrected chi connectivity index (χ3v) is 11.3. The van der Waals surface area contributed by atoms with E-state index in [1.807, 2.05) is 12.2 Å². The van der Waals surface area contributed by atoms with Crippen molar-refractivity contribution in [2.24, 2.45) is 0 Å². The summed E-state index contributed by atoms with van der Waals surface area (Å²) in [5.41, 5.74) is 0. The second-order valence-corrected chi connectivity index (χ2v) is 18.1. The van der Waals surface area contributed by atoms with Gasteiger partial charge in [0.1, 0.15) is 13.2 Å². The van der Waals surface area contributed by atoms with E-state index >= 15 is 0 Å². The van der Waals surface area contributed by atoms with Crippen LogP contribution in [0, 0.1) is 0 Å². The van der Waals surface area contributed by atoms with Gasteiger partial charge in [-0.2, -0.15) is 0 Å². The highest BCUT2D eigenvalue weighted by Gasteiger charge is 2.19. The maximum Gasteiger partial charge on any atom is 0.306 e. The van der Waals surface area contributed by atoms with E-state index in [1.165, 1.54) is 70.6 Å². The molecule has 0 aliphatic rings. The minimum Gasteiger partial charge on any atom is -0.462 e. The van der Waals surface area contributed by atoms with Gasteiger partial charge in [0.25, 0.3) is 0 Å². The van der Waals surface area contributed by atoms with Crippen LogP contribution in [0.4, 0.5) is 0 Å². The van der Waals surface area contributed by atoms with E-state index < -0.39 is 12.1 Å². The van der Waals surface area contributed by atoms with Crippen molar-refractivity contribution in [3.8, 4) is 0 Å². The summed E-state index contributed by atoms with van der Waals surface area (Å²) >= 11 is 0. The van der Waals surface area contributed by atoms with Gasteiger partial charge in [0, 0.05) is 19.3 Å². The predicted molar refractivity (Wildman–Crippen MR) is 306 cm³/mol. The highest BCUT2D eigenvalue weighted by molar-refractivity contribution is 5.71. The Balaban J connectivity index is 4.52. The van der Waals surface area contributed by atoms with Gasteiger partial charge in [-0.1, -0.05) is 231 Å². The predicted octanol–water partition coefficient (Wildman–Crippen LogP) is 19.2. The Morgan fingerprint density at radius 2 is 0.592 bits per heavy atom. The van der Waals surface area contributed by atoms with Crippen LogP contribution in [0.25, 0.3) is 0 Å². The summed E-state index contributed by atoms with van der Waals surface area (Å²) in [6.45, 7) is 6.26. The molecule has 398 valence electrons. The van der Waals surface area contributed by atoms with Gasteiger partial charge in [0.05, 0.1) is 0 Å². The van der Waals surface area contributed by atoms with Crippen molar-refractivity contribution in [2.45, 2.75) is 232 Å². The van der Waals surface area contributed by atoms with E-state index in [9.17, 15) is 14.4 Å². The summed E-state index contributed by atoms with van der Waals surface area (Å²) in [4.78, 5) is 38.1. The summed E-state index contributed by atoms with van der Waals surface area (Å²) in [5.74, 6) is -1.09. The van der Waals surface area contributed by atoms with Crippen LogP contribution < -0.4 is 0 Å². The van der Waals surface area contributed by atoms with Crippen LogP contribution in [-0.4, -0.2) is 37.2 Å². The number of hydrogen-bond acceptors (Lipinski definition) is 6. The van der Waals surface area contributed by atoms with E-state index in [-0.39, 0.29) is 38.0 Å². The average molecular weight is 980 g/mol. The minimum absolute atomic E-state index is 0.133. The molecule has 1 unspecified atom stereocenters. The lowest BCUT2D eigenvalue weighted by molar-refractivity contribution is -0.166. The van der Waals surface area contributed by atoms with Crippen molar-refractivity contribution < 1.29 is 28.6 Å². The Morgan fingerprint density at radius 1 is 0.296 bits per heavy atom. The fraction of sp³-hybridized carbons (Fsp3) is 0.585. The molecule has 71 heavy (non-hydrogen) atoms. The van der Waals surface area contributed by atoms with Crippen molar-refractivity contribution in [1.29, 1.82) is 0 Å². The van der Waals surface area contributed by atoms with Gasteiger partial charge in [-0.25, -0.2) is 0 Å². The van der Waals surface area contributed by atoms with Gasteiger partial charge in [-0.05, 0) is 122 Å². The Bertz CT molecular complexity index is 1590. The zero-order valence-corrected chi connectivity index (χ0v) is 45.4. The van der Waals surface area contributed by atoms with Crippen LogP contribution in [0.3, 0.4) is 0 Å². The summed E-state index contributed by atoms with van der Waals surface area (Å²) in [5, 5.41) is 0. The van der Waals surface area contributed by atoms with Gasteiger partial charge in [0.2, 0.25) is 0 Å². The molecule has 0 aliphatic heterocycles. The summed E-state index contributed by atoms with van der Waals surface area (Å²) in [6.07, 6.45) is 82.9. The topological polar surface area (TPSA) is 78.9 Å². The molecule has 0 aromatic carbocycles. The molecular weight excluding hydrogens is 877 g/mol. The molecule has 1 atom stereocenters. The number of rotatable bonds is 49. The lowest BCUT2D eigenvalue weighted by atomic mass is 10.1. The lowest BCUT2D eigenvalue weighted by Gasteiger charge is -2.18. The summed E-state index contributed by atoms with van der Waals surface area (Å²) in [6, 6.07) is 0. The van der Waals surface area contributed by atoms with E-state index in [0.29, 0.717) is 19.3 Å². The molecular formula is C65H102O6. The first kappa shape index (κ1) is 66.3. The van der Waals surface area contributed by atoms with Crippen molar-refractivity contribution in [1.82, 2.24) is 0 Å². The molecule has 0 amide bonds. The zero-order chi connectivity index (χ0) is 51.4. The van der Waals surface area contributed by atoms with E-state index in [4.69, 9.17) is 14.2 Å². The number of carbonyl (C=O) groups is 3. The Morgan fingerprint density at radius 3 is 0.986 bits per heavy atom.